The van der Waals surface area contributed by atoms with E-state index in [0.717, 1.165) is 0 Å². The van der Waals surface area contributed by atoms with Gasteiger partial charge < -0.3 is 10.6 Å². The molecule has 0 saturated carbocycles. The van der Waals surface area contributed by atoms with Crippen LogP contribution in [0.2, 0.25) is 0 Å². The fourth-order valence-corrected chi connectivity index (χ4v) is 1.72. The maximum atomic E-state index is 11.5. The van der Waals surface area contributed by atoms with Gasteiger partial charge in [-0.15, -0.1) is 0 Å². The van der Waals surface area contributed by atoms with Crippen LogP contribution in [0.25, 0.3) is 5.70 Å². The highest BCUT2D eigenvalue weighted by Crippen LogP contribution is 2.26. The molecule has 0 aliphatic carbocycles. The molecule has 0 saturated heterocycles. The lowest BCUT2D eigenvalue weighted by atomic mass is 10.0. The third kappa shape index (κ3) is 1.66. The summed E-state index contributed by atoms with van der Waals surface area (Å²) in [4.78, 5) is 11.5. The Balaban J connectivity index is 2.64. The molecular formula is C12H10N4O. The Labute approximate surface area is 98.3 Å². The van der Waals surface area contributed by atoms with E-state index in [2.05, 4.69) is 10.6 Å². The van der Waals surface area contributed by atoms with Gasteiger partial charge in [0.15, 0.2) is 0 Å². The second kappa shape index (κ2) is 4.10. The van der Waals surface area contributed by atoms with Gasteiger partial charge in [0.2, 0.25) is 0 Å². The summed E-state index contributed by atoms with van der Waals surface area (Å²) in [6.45, 7) is 0. The zero-order valence-corrected chi connectivity index (χ0v) is 9.16. The number of benzene rings is 1. The maximum absolute atomic E-state index is 11.5. The van der Waals surface area contributed by atoms with Gasteiger partial charge >= 0.3 is 0 Å². The zero-order chi connectivity index (χ0) is 12.4. The number of carbonyl (C=O) groups excluding carboxylic acids is 1. The molecule has 0 fully saturated rings. The molecule has 1 heterocycles. The lowest BCUT2D eigenvalue weighted by molar-refractivity contribution is -0.116. The molecule has 1 aromatic rings. The minimum absolute atomic E-state index is 0.0119. The topological polar surface area (TPSA) is 88.8 Å². The van der Waals surface area contributed by atoms with Crippen molar-refractivity contribution in [2.75, 3.05) is 7.05 Å². The van der Waals surface area contributed by atoms with Crippen molar-refractivity contribution in [3.63, 3.8) is 0 Å². The number of amidine groups is 1. The summed E-state index contributed by atoms with van der Waals surface area (Å²) in [5.41, 5.74) is 1.78. The van der Waals surface area contributed by atoms with E-state index < -0.39 is 5.91 Å². The van der Waals surface area contributed by atoms with Crippen LogP contribution in [0.5, 0.6) is 0 Å². The van der Waals surface area contributed by atoms with Crippen molar-refractivity contribution < 1.29 is 4.79 Å². The summed E-state index contributed by atoms with van der Waals surface area (Å²) >= 11 is 0. The Kier molecular flexibility index (Phi) is 2.63. The number of carbonyl (C=O) groups is 1. The number of likely N-dealkylation sites (N-methyl/N-ethyl adjacent to an activating group) is 1. The van der Waals surface area contributed by atoms with E-state index in [1.807, 2.05) is 12.1 Å². The van der Waals surface area contributed by atoms with Crippen LogP contribution in [0.15, 0.2) is 29.8 Å². The van der Waals surface area contributed by atoms with E-state index in [9.17, 15) is 4.79 Å². The molecule has 84 valence electrons. The van der Waals surface area contributed by atoms with Gasteiger partial charge in [-0.05, 0) is 0 Å². The minimum Gasteiger partial charge on any atom is -0.354 e. The Morgan fingerprint density at radius 1 is 1.41 bits per heavy atom. The predicted molar refractivity (Wildman–Crippen MR) is 63.0 cm³/mol. The van der Waals surface area contributed by atoms with Crippen LogP contribution in [0.4, 0.5) is 0 Å². The predicted octanol–water partition coefficient (Wildman–Crippen LogP) is 0.596. The summed E-state index contributed by atoms with van der Waals surface area (Å²) in [6, 6.07) is 9.03. The van der Waals surface area contributed by atoms with Crippen molar-refractivity contribution in [1.82, 2.24) is 10.6 Å². The van der Waals surface area contributed by atoms with Gasteiger partial charge in [0, 0.05) is 18.2 Å². The highest BCUT2D eigenvalue weighted by molar-refractivity contribution is 6.16. The van der Waals surface area contributed by atoms with E-state index in [0.29, 0.717) is 16.8 Å². The van der Waals surface area contributed by atoms with Crippen LogP contribution in [0.3, 0.4) is 0 Å². The molecule has 0 spiro atoms. The molecule has 0 radical (unpaired) electrons. The molecule has 0 unspecified atom stereocenters. The third-order valence-electron chi connectivity index (χ3n) is 2.53. The summed E-state index contributed by atoms with van der Waals surface area (Å²) in [7, 11) is 1.46. The van der Waals surface area contributed by atoms with Gasteiger partial charge in [0.1, 0.15) is 17.5 Å². The number of fused-ring (bicyclic) bond motifs is 1. The number of nitrogens with one attached hydrogen (secondary N) is 3. The first-order chi connectivity index (χ1) is 8.19. The van der Waals surface area contributed by atoms with Gasteiger partial charge in [-0.3, -0.25) is 10.2 Å². The van der Waals surface area contributed by atoms with E-state index in [1.165, 1.54) is 7.05 Å². The molecule has 17 heavy (non-hydrogen) atoms. The molecule has 1 aliphatic rings. The average molecular weight is 226 g/mol. The van der Waals surface area contributed by atoms with Crippen molar-refractivity contribution in [3.8, 4) is 6.07 Å². The Morgan fingerprint density at radius 2 is 2.06 bits per heavy atom. The van der Waals surface area contributed by atoms with E-state index in [4.69, 9.17) is 10.7 Å². The highest BCUT2D eigenvalue weighted by Gasteiger charge is 2.25. The normalized spacial score (nSPS) is 15.6. The Hall–Kier alpha value is -2.61. The first kappa shape index (κ1) is 10.9. The number of nitrogens with zero attached hydrogens (tertiary/aromatic N) is 1. The molecule has 0 aromatic heterocycles. The van der Waals surface area contributed by atoms with Crippen molar-refractivity contribution in [2.45, 2.75) is 0 Å². The van der Waals surface area contributed by atoms with Gasteiger partial charge in [-0.2, -0.15) is 5.26 Å². The van der Waals surface area contributed by atoms with Crippen LogP contribution in [-0.4, -0.2) is 18.8 Å². The standard InChI is InChI=1S/C12H10N4O/c1-15-12(17)9(6-13)10-7-4-2-3-5-8(7)11(14)16-10/h2-5H,1H3,(H2,14,16)(H,15,17)/b10-9-. The molecule has 0 atom stereocenters. The van der Waals surface area contributed by atoms with Gasteiger partial charge in [0.05, 0.1) is 5.70 Å². The van der Waals surface area contributed by atoms with E-state index >= 15 is 0 Å². The summed E-state index contributed by atoms with van der Waals surface area (Å²) in [6.07, 6.45) is 0. The molecular weight excluding hydrogens is 216 g/mol. The maximum Gasteiger partial charge on any atom is 0.263 e. The fraction of sp³-hybridized carbons (Fsp3) is 0.0833. The Morgan fingerprint density at radius 3 is 2.65 bits per heavy atom. The number of nitriles is 1. The second-order valence-electron chi connectivity index (χ2n) is 3.49. The zero-order valence-electron chi connectivity index (χ0n) is 9.16. The minimum atomic E-state index is -0.459. The molecule has 1 aromatic carbocycles. The van der Waals surface area contributed by atoms with E-state index in [1.54, 1.807) is 18.2 Å². The first-order valence-corrected chi connectivity index (χ1v) is 5.01. The van der Waals surface area contributed by atoms with Crippen LogP contribution in [0.1, 0.15) is 11.1 Å². The number of hydrogen-bond donors (Lipinski definition) is 3. The monoisotopic (exact) mass is 226 g/mol. The number of hydrogen-bond acceptors (Lipinski definition) is 3. The van der Waals surface area contributed by atoms with Crippen LogP contribution in [-0.2, 0) is 4.79 Å². The second-order valence-corrected chi connectivity index (χ2v) is 3.49. The van der Waals surface area contributed by atoms with E-state index in [-0.39, 0.29) is 11.4 Å². The van der Waals surface area contributed by atoms with Crippen LogP contribution >= 0.6 is 0 Å². The Bertz CT molecular complexity index is 580. The van der Waals surface area contributed by atoms with Crippen LogP contribution in [0, 0.1) is 16.7 Å². The van der Waals surface area contributed by atoms with Crippen LogP contribution < -0.4 is 10.6 Å². The summed E-state index contributed by atoms with van der Waals surface area (Å²) in [5.74, 6) is -0.258. The lowest BCUT2D eigenvalue weighted by Crippen LogP contribution is -2.23. The average Bonchev–Trinajstić information content (AvgIpc) is 2.68. The van der Waals surface area contributed by atoms with Gasteiger partial charge in [-0.25, -0.2) is 0 Å². The van der Waals surface area contributed by atoms with Crippen molar-refractivity contribution in [3.05, 3.63) is 41.0 Å². The van der Waals surface area contributed by atoms with Crippen molar-refractivity contribution in [1.29, 1.82) is 10.7 Å². The molecule has 1 aliphatic heterocycles. The highest BCUT2D eigenvalue weighted by atomic mass is 16.1. The van der Waals surface area contributed by atoms with Crippen molar-refractivity contribution >= 4 is 17.4 Å². The fourth-order valence-electron chi connectivity index (χ4n) is 1.72. The third-order valence-corrected chi connectivity index (χ3v) is 2.53. The number of rotatable bonds is 1. The largest absolute Gasteiger partial charge is 0.354 e. The molecule has 0 bridgehead atoms. The number of amides is 1. The quantitative estimate of drug-likeness (QED) is 0.484. The molecule has 5 nitrogen and oxygen atoms in total. The summed E-state index contributed by atoms with van der Waals surface area (Å²) < 4.78 is 0. The molecule has 1 amide bonds. The van der Waals surface area contributed by atoms with Crippen molar-refractivity contribution in [2.24, 2.45) is 0 Å². The summed E-state index contributed by atoms with van der Waals surface area (Å²) in [5, 5.41) is 21.9. The van der Waals surface area contributed by atoms with Gasteiger partial charge in [-0.1, -0.05) is 24.3 Å². The first-order valence-electron chi connectivity index (χ1n) is 5.01. The van der Waals surface area contributed by atoms with Gasteiger partial charge in [0.25, 0.3) is 5.91 Å². The molecule has 5 heteroatoms. The smallest absolute Gasteiger partial charge is 0.263 e. The SMILES string of the molecule is CNC(=O)/C(C#N)=C1\NC(=N)c2ccccc21. The molecule has 2 rings (SSSR count). The lowest BCUT2D eigenvalue weighted by Gasteiger charge is -2.03. The molecule has 3 N–H and O–H groups in total.